The van der Waals surface area contributed by atoms with Crippen LogP contribution in [0.2, 0.25) is 0 Å². The third-order valence-corrected chi connectivity index (χ3v) is 4.90. The van der Waals surface area contributed by atoms with E-state index in [-0.39, 0.29) is 46.8 Å². The van der Waals surface area contributed by atoms with Gasteiger partial charge in [0.25, 0.3) is 0 Å². The number of unbranched alkanes of at least 4 members (excludes halogenated alkanes) is 1. The molecule has 1 aromatic rings. The fourth-order valence-corrected chi connectivity index (χ4v) is 3.40. The smallest absolute Gasteiger partial charge is 0.875 e. The van der Waals surface area contributed by atoms with Crippen LogP contribution in [-0.4, -0.2) is 24.1 Å². The van der Waals surface area contributed by atoms with Gasteiger partial charge in [-0.1, -0.05) is 18.2 Å². The van der Waals surface area contributed by atoms with Crippen molar-refractivity contribution >= 4 is 17.5 Å². The van der Waals surface area contributed by atoms with E-state index in [1.54, 1.807) is 25.2 Å². The van der Waals surface area contributed by atoms with Crippen molar-refractivity contribution in [3.05, 3.63) is 65.5 Å². The standard InChI is InChI=1S/C19H24O5.C5H5.Fe/c1-2-24-18(22)12-4-3-10-16(20)13-7-5-8-14(13)19(23)15-9-6-11-17(15)21;1-2-4-5-3-1;/h5,7-8,15,23H,2-4,6,9-12H2,1H3;1-5H;/q;-1;+2/p-1. The second kappa shape index (κ2) is 13.8. The Hall–Kier alpha value is -2.30. The van der Waals surface area contributed by atoms with Gasteiger partial charge in [-0.2, -0.15) is 18.2 Å². The Morgan fingerprint density at radius 3 is 2.47 bits per heavy atom. The normalized spacial score (nSPS) is 18.8. The molecule has 162 valence electrons. The van der Waals surface area contributed by atoms with Gasteiger partial charge in [-0.3, -0.25) is 14.4 Å². The maximum absolute atomic E-state index is 12.5. The van der Waals surface area contributed by atoms with E-state index in [2.05, 4.69) is 0 Å². The second-order valence-corrected chi connectivity index (χ2v) is 7.03. The summed E-state index contributed by atoms with van der Waals surface area (Å²) in [5.74, 6) is -1.19. The van der Waals surface area contributed by atoms with Gasteiger partial charge in [0.2, 0.25) is 0 Å². The molecule has 0 spiro atoms. The quantitative estimate of drug-likeness (QED) is 0.198. The van der Waals surface area contributed by atoms with Crippen molar-refractivity contribution in [3.8, 4) is 0 Å². The van der Waals surface area contributed by atoms with Gasteiger partial charge < -0.3 is 9.84 Å². The van der Waals surface area contributed by atoms with Crippen molar-refractivity contribution in [3.63, 3.8) is 0 Å². The molecule has 6 heteroatoms. The molecule has 0 N–H and O–H groups in total. The van der Waals surface area contributed by atoms with Crippen molar-refractivity contribution in [1.29, 1.82) is 0 Å². The minimum absolute atomic E-state index is 0. The molecule has 0 heterocycles. The van der Waals surface area contributed by atoms with Crippen molar-refractivity contribution in [2.75, 3.05) is 6.61 Å². The molecule has 1 fully saturated rings. The molecular formula is C24H28FeO5. The minimum Gasteiger partial charge on any atom is -0.875 e. The maximum Gasteiger partial charge on any atom is 2.00 e. The Labute approximate surface area is 188 Å². The molecule has 1 unspecified atom stereocenters. The Kier molecular flexibility index (Phi) is 11.9. The predicted octanol–water partition coefficient (Wildman–Crippen LogP) is 3.56. The molecule has 5 nitrogen and oxygen atoms in total. The molecule has 0 saturated heterocycles. The SMILES string of the molecule is CCOC(=O)CCCCC(=O)C1=CC=CC1=C([O-])C1CCCC1=O.[Fe+2].c1cc[cH-]c1. The Bertz CT molecular complexity index is 769. The summed E-state index contributed by atoms with van der Waals surface area (Å²) in [6.45, 7) is 2.11. The molecule has 30 heavy (non-hydrogen) atoms. The number of esters is 1. The van der Waals surface area contributed by atoms with Crippen LogP contribution in [0.25, 0.3) is 0 Å². The van der Waals surface area contributed by atoms with Gasteiger partial charge in [-0.15, -0.1) is 5.76 Å². The van der Waals surface area contributed by atoms with Gasteiger partial charge >= 0.3 is 23.0 Å². The number of allylic oxidation sites excluding steroid dienone is 6. The number of carbonyl (C=O) groups is 3. The van der Waals surface area contributed by atoms with Crippen molar-refractivity contribution in [2.24, 2.45) is 5.92 Å². The molecule has 2 aliphatic carbocycles. The van der Waals surface area contributed by atoms with Gasteiger partial charge in [-0.25, -0.2) is 12.1 Å². The number of Topliss-reactive ketones (excluding diaryl/α,β-unsaturated/α-hetero) is 2. The third-order valence-electron chi connectivity index (χ3n) is 4.90. The average molecular weight is 452 g/mol. The molecule has 2 aliphatic rings. The average Bonchev–Trinajstić information content (AvgIpc) is 3.48. The van der Waals surface area contributed by atoms with Crippen LogP contribution in [0.4, 0.5) is 0 Å². The van der Waals surface area contributed by atoms with Crippen LogP contribution < -0.4 is 5.11 Å². The van der Waals surface area contributed by atoms with Crippen LogP contribution in [0.15, 0.2) is 65.5 Å². The Morgan fingerprint density at radius 2 is 1.90 bits per heavy atom. The molecular weight excluding hydrogens is 424 g/mol. The summed E-state index contributed by atoms with van der Waals surface area (Å²) in [4.78, 5) is 35.4. The summed E-state index contributed by atoms with van der Waals surface area (Å²) in [5, 5.41) is 12.5. The van der Waals surface area contributed by atoms with Crippen molar-refractivity contribution in [1.82, 2.24) is 0 Å². The monoisotopic (exact) mass is 452 g/mol. The van der Waals surface area contributed by atoms with Crippen molar-refractivity contribution in [2.45, 2.75) is 51.9 Å². The van der Waals surface area contributed by atoms with E-state index in [1.165, 1.54) is 0 Å². The zero-order valence-corrected chi connectivity index (χ0v) is 18.4. The summed E-state index contributed by atoms with van der Waals surface area (Å²) < 4.78 is 4.84. The molecule has 0 radical (unpaired) electrons. The zero-order chi connectivity index (χ0) is 21.1. The first-order valence-corrected chi connectivity index (χ1v) is 10.2. The first-order valence-electron chi connectivity index (χ1n) is 10.2. The number of hydrogen-bond donors (Lipinski definition) is 0. The summed E-state index contributed by atoms with van der Waals surface area (Å²) in [6.07, 6.45) is 8.44. The molecule has 1 atom stereocenters. The summed E-state index contributed by atoms with van der Waals surface area (Å²) in [7, 11) is 0. The van der Waals surface area contributed by atoms with E-state index in [9.17, 15) is 19.5 Å². The number of rotatable bonds is 8. The zero-order valence-electron chi connectivity index (χ0n) is 17.2. The van der Waals surface area contributed by atoms with Crippen LogP contribution >= 0.6 is 0 Å². The van der Waals surface area contributed by atoms with E-state index in [4.69, 9.17) is 4.74 Å². The Morgan fingerprint density at radius 1 is 1.20 bits per heavy atom. The molecule has 0 bridgehead atoms. The topological polar surface area (TPSA) is 83.5 Å². The number of hydrogen-bond acceptors (Lipinski definition) is 5. The van der Waals surface area contributed by atoms with E-state index in [0.717, 1.165) is 6.42 Å². The van der Waals surface area contributed by atoms with Gasteiger partial charge in [-0.05, 0) is 38.2 Å². The van der Waals surface area contributed by atoms with Crippen LogP contribution in [0.5, 0.6) is 0 Å². The van der Waals surface area contributed by atoms with E-state index in [0.29, 0.717) is 49.9 Å². The minimum atomic E-state index is -0.581. The van der Waals surface area contributed by atoms with E-state index in [1.807, 2.05) is 30.3 Å². The molecule has 0 amide bonds. The van der Waals surface area contributed by atoms with Gasteiger partial charge in [0.05, 0.1) is 6.61 Å². The molecule has 0 aromatic heterocycles. The summed E-state index contributed by atoms with van der Waals surface area (Å²) in [6, 6.07) is 10.0. The first kappa shape index (κ1) is 25.7. The summed E-state index contributed by atoms with van der Waals surface area (Å²) >= 11 is 0. The van der Waals surface area contributed by atoms with Crippen LogP contribution in [0.3, 0.4) is 0 Å². The first-order chi connectivity index (χ1) is 14.0. The molecule has 0 aliphatic heterocycles. The molecule has 1 aromatic carbocycles. The van der Waals surface area contributed by atoms with E-state index < -0.39 is 5.92 Å². The third kappa shape index (κ3) is 7.85. The fourth-order valence-electron chi connectivity index (χ4n) is 3.40. The number of ketones is 2. The largest absolute Gasteiger partial charge is 2.00 e. The van der Waals surface area contributed by atoms with Gasteiger partial charge in [0, 0.05) is 30.8 Å². The van der Waals surface area contributed by atoms with Crippen LogP contribution in [0.1, 0.15) is 51.9 Å². The second-order valence-electron chi connectivity index (χ2n) is 7.03. The number of ether oxygens (including phenoxy) is 1. The number of carbonyl (C=O) groups excluding carboxylic acids is 3. The van der Waals surface area contributed by atoms with Crippen molar-refractivity contribution < 1.29 is 41.3 Å². The van der Waals surface area contributed by atoms with Gasteiger partial charge in [0.1, 0.15) is 5.78 Å². The van der Waals surface area contributed by atoms with E-state index >= 15 is 0 Å². The predicted molar refractivity (Wildman–Crippen MR) is 109 cm³/mol. The molecule has 3 rings (SSSR count). The summed E-state index contributed by atoms with van der Waals surface area (Å²) in [5.41, 5.74) is 0.765. The Balaban J connectivity index is 0.000000655. The maximum atomic E-state index is 12.5. The van der Waals surface area contributed by atoms with Gasteiger partial charge in [0.15, 0.2) is 5.78 Å². The van der Waals surface area contributed by atoms with Crippen LogP contribution in [0, 0.1) is 5.92 Å². The fraction of sp³-hybridized carbons (Fsp3) is 0.417. The molecule has 1 saturated carbocycles. The van der Waals surface area contributed by atoms with Crippen LogP contribution in [-0.2, 0) is 36.2 Å².